The van der Waals surface area contributed by atoms with E-state index < -0.39 is 6.09 Å². The SMILES string of the molecule is CC1CCCCC1NC(=O)OCCO. The summed E-state index contributed by atoms with van der Waals surface area (Å²) in [6.45, 7) is 2.11. The normalized spacial score (nSPS) is 27.0. The van der Waals surface area contributed by atoms with Gasteiger partial charge in [0, 0.05) is 6.04 Å². The van der Waals surface area contributed by atoms with Crippen LogP contribution in [-0.4, -0.2) is 30.5 Å². The van der Waals surface area contributed by atoms with Crippen LogP contribution in [0, 0.1) is 5.92 Å². The highest BCUT2D eigenvalue weighted by molar-refractivity contribution is 5.67. The van der Waals surface area contributed by atoms with E-state index in [1.807, 2.05) is 0 Å². The summed E-state index contributed by atoms with van der Waals surface area (Å²) in [6, 6.07) is 0.245. The van der Waals surface area contributed by atoms with E-state index in [0.29, 0.717) is 5.92 Å². The van der Waals surface area contributed by atoms with Crippen molar-refractivity contribution in [1.29, 1.82) is 0 Å². The number of aliphatic hydroxyl groups excluding tert-OH is 1. The Labute approximate surface area is 84.6 Å². The van der Waals surface area contributed by atoms with Crippen LogP contribution in [0.4, 0.5) is 4.79 Å². The predicted octanol–water partition coefficient (Wildman–Crippen LogP) is 1.28. The third-order valence-electron chi connectivity index (χ3n) is 2.74. The van der Waals surface area contributed by atoms with Gasteiger partial charge in [0.25, 0.3) is 0 Å². The molecule has 0 aliphatic heterocycles. The largest absolute Gasteiger partial charge is 0.447 e. The summed E-state index contributed by atoms with van der Waals surface area (Å²) in [7, 11) is 0. The molecule has 0 aromatic rings. The molecule has 0 spiro atoms. The Morgan fingerprint density at radius 2 is 2.21 bits per heavy atom. The Morgan fingerprint density at radius 1 is 1.50 bits per heavy atom. The van der Waals surface area contributed by atoms with E-state index in [1.54, 1.807) is 0 Å². The van der Waals surface area contributed by atoms with E-state index >= 15 is 0 Å². The smallest absolute Gasteiger partial charge is 0.407 e. The number of carbonyl (C=O) groups excluding carboxylic acids is 1. The predicted molar refractivity (Wildman–Crippen MR) is 53.0 cm³/mol. The van der Waals surface area contributed by atoms with Gasteiger partial charge in [-0.25, -0.2) is 4.79 Å². The monoisotopic (exact) mass is 201 g/mol. The Bertz CT molecular complexity index is 184. The molecule has 1 aliphatic carbocycles. The summed E-state index contributed by atoms with van der Waals surface area (Å²) in [5, 5.41) is 11.3. The number of amides is 1. The number of alkyl carbamates (subject to hydrolysis) is 1. The second-order valence-electron chi connectivity index (χ2n) is 3.87. The molecule has 4 heteroatoms. The molecular formula is C10H19NO3. The fourth-order valence-electron chi connectivity index (χ4n) is 1.86. The van der Waals surface area contributed by atoms with Crippen molar-refractivity contribution in [2.75, 3.05) is 13.2 Å². The molecule has 0 saturated heterocycles. The third kappa shape index (κ3) is 3.54. The number of nitrogens with one attached hydrogen (secondary N) is 1. The van der Waals surface area contributed by atoms with Crippen molar-refractivity contribution in [3.63, 3.8) is 0 Å². The standard InChI is InChI=1S/C10H19NO3/c1-8-4-2-3-5-9(8)11-10(13)14-7-6-12/h8-9,12H,2-7H2,1H3,(H,11,13). The zero-order valence-corrected chi connectivity index (χ0v) is 8.66. The van der Waals surface area contributed by atoms with Crippen LogP contribution in [0.5, 0.6) is 0 Å². The zero-order valence-electron chi connectivity index (χ0n) is 8.66. The number of rotatable bonds is 3. The van der Waals surface area contributed by atoms with Gasteiger partial charge in [-0.2, -0.15) is 0 Å². The van der Waals surface area contributed by atoms with Gasteiger partial charge in [0.05, 0.1) is 6.61 Å². The maximum atomic E-state index is 11.2. The summed E-state index contributed by atoms with van der Waals surface area (Å²) >= 11 is 0. The molecule has 82 valence electrons. The molecule has 1 fully saturated rings. The van der Waals surface area contributed by atoms with E-state index in [4.69, 9.17) is 9.84 Å². The van der Waals surface area contributed by atoms with Crippen LogP contribution in [0.15, 0.2) is 0 Å². The van der Waals surface area contributed by atoms with Crippen LogP contribution in [-0.2, 0) is 4.74 Å². The summed E-state index contributed by atoms with van der Waals surface area (Å²) in [5.74, 6) is 0.533. The lowest BCUT2D eigenvalue weighted by Crippen LogP contribution is -2.41. The molecule has 0 aromatic heterocycles. The lowest BCUT2D eigenvalue weighted by atomic mass is 9.86. The first kappa shape index (κ1) is 11.3. The maximum absolute atomic E-state index is 11.2. The van der Waals surface area contributed by atoms with Crippen LogP contribution in [0.3, 0.4) is 0 Å². The van der Waals surface area contributed by atoms with Gasteiger partial charge in [-0.15, -0.1) is 0 Å². The van der Waals surface area contributed by atoms with Crippen molar-refractivity contribution in [3.05, 3.63) is 0 Å². The Balaban J connectivity index is 2.23. The molecule has 14 heavy (non-hydrogen) atoms. The number of aliphatic hydroxyl groups is 1. The maximum Gasteiger partial charge on any atom is 0.407 e. The average Bonchev–Trinajstić information content (AvgIpc) is 2.18. The lowest BCUT2D eigenvalue weighted by Gasteiger charge is -2.28. The van der Waals surface area contributed by atoms with Crippen LogP contribution in [0.25, 0.3) is 0 Å². The van der Waals surface area contributed by atoms with Gasteiger partial charge >= 0.3 is 6.09 Å². The van der Waals surface area contributed by atoms with E-state index in [9.17, 15) is 4.79 Å². The fourth-order valence-corrected chi connectivity index (χ4v) is 1.86. The molecule has 1 aliphatic rings. The quantitative estimate of drug-likeness (QED) is 0.723. The van der Waals surface area contributed by atoms with E-state index in [2.05, 4.69) is 12.2 Å². The van der Waals surface area contributed by atoms with Crippen molar-refractivity contribution in [1.82, 2.24) is 5.32 Å². The van der Waals surface area contributed by atoms with E-state index in [0.717, 1.165) is 6.42 Å². The first-order valence-corrected chi connectivity index (χ1v) is 5.28. The van der Waals surface area contributed by atoms with Gasteiger partial charge in [0.1, 0.15) is 6.61 Å². The molecule has 1 saturated carbocycles. The summed E-state index contributed by atoms with van der Waals surface area (Å²) < 4.78 is 4.74. The summed E-state index contributed by atoms with van der Waals surface area (Å²) in [4.78, 5) is 11.2. The van der Waals surface area contributed by atoms with Gasteiger partial charge in [0.15, 0.2) is 0 Å². The molecule has 1 rings (SSSR count). The molecule has 2 unspecified atom stereocenters. The average molecular weight is 201 g/mol. The minimum Gasteiger partial charge on any atom is -0.447 e. The van der Waals surface area contributed by atoms with Crippen LogP contribution < -0.4 is 5.32 Å². The lowest BCUT2D eigenvalue weighted by molar-refractivity contribution is 0.111. The van der Waals surface area contributed by atoms with E-state index in [-0.39, 0.29) is 19.3 Å². The first-order valence-electron chi connectivity index (χ1n) is 5.28. The van der Waals surface area contributed by atoms with Gasteiger partial charge in [-0.05, 0) is 18.8 Å². The minimum atomic E-state index is -0.405. The van der Waals surface area contributed by atoms with Crippen molar-refractivity contribution in [3.8, 4) is 0 Å². The van der Waals surface area contributed by atoms with E-state index in [1.165, 1.54) is 19.3 Å². The van der Waals surface area contributed by atoms with Crippen LogP contribution >= 0.6 is 0 Å². The molecule has 2 N–H and O–H groups in total. The van der Waals surface area contributed by atoms with Crippen molar-refractivity contribution in [2.24, 2.45) is 5.92 Å². The second-order valence-corrected chi connectivity index (χ2v) is 3.87. The molecule has 0 aromatic carbocycles. The molecule has 0 heterocycles. The van der Waals surface area contributed by atoms with Crippen LogP contribution in [0.1, 0.15) is 32.6 Å². The Kier molecular flexibility index (Phi) is 4.73. The molecule has 0 bridgehead atoms. The zero-order chi connectivity index (χ0) is 10.4. The van der Waals surface area contributed by atoms with Gasteiger partial charge in [0.2, 0.25) is 0 Å². The first-order chi connectivity index (χ1) is 6.74. The number of hydrogen-bond acceptors (Lipinski definition) is 3. The fraction of sp³-hybridized carbons (Fsp3) is 0.900. The molecule has 4 nitrogen and oxygen atoms in total. The Hall–Kier alpha value is -0.770. The van der Waals surface area contributed by atoms with Crippen molar-refractivity contribution < 1.29 is 14.6 Å². The Morgan fingerprint density at radius 3 is 2.86 bits per heavy atom. The van der Waals surface area contributed by atoms with Crippen LogP contribution in [0.2, 0.25) is 0 Å². The third-order valence-corrected chi connectivity index (χ3v) is 2.74. The summed E-state index contributed by atoms with van der Waals surface area (Å²) in [6.07, 6.45) is 4.23. The summed E-state index contributed by atoms with van der Waals surface area (Å²) in [5.41, 5.74) is 0. The number of carbonyl (C=O) groups is 1. The minimum absolute atomic E-state index is 0.0763. The molecule has 1 amide bonds. The van der Waals surface area contributed by atoms with Gasteiger partial charge in [-0.3, -0.25) is 0 Å². The number of ether oxygens (including phenoxy) is 1. The van der Waals surface area contributed by atoms with Gasteiger partial charge < -0.3 is 15.2 Å². The molecule has 2 atom stereocenters. The topological polar surface area (TPSA) is 58.6 Å². The molecule has 0 radical (unpaired) electrons. The molecular weight excluding hydrogens is 182 g/mol. The highest BCUT2D eigenvalue weighted by atomic mass is 16.6. The highest BCUT2D eigenvalue weighted by Gasteiger charge is 2.22. The van der Waals surface area contributed by atoms with Crippen molar-refractivity contribution >= 4 is 6.09 Å². The highest BCUT2D eigenvalue weighted by Crippen LogP contribution is 2.23. The van der Waals surface area contributed by atoms with Gasteiger partial charge in [-0.1, -0.05) is 19.8 Å². The number of hydrogen-bond donors (Lipinski definition) is 2. The van der Waals surface area contributed by atoms with Crippen molar-refractivity contribution in [2.45, 2.75) is 38.6 Å². The second kappa shape index (κ2) is 5.86.